The van der Waals surface area contributed by atoms with E-state index in [4.69, 9.17) is 4.52 Å². The van der Waals surface area contributed by atoms with Crippen molar-refractivity contribution < 1.29 is 4.52 Å². The molecular formula is C13H23N5O. The van der Waals surface area contributed by atoms with Crippen LogP contribution < -0.4 is 5.32 Å². The summed E-state index contributed by atoms with van der Waals surface area (Å²) < 4.78 is 5.41. The summed E-state index contributed by atoms with van der Waals surface area (Å²) in [7, 11) is 4.31. The lowest BCUT2D eigenvalue weighted by atomic mass is 10.00. The van der Waals surface area contributed by atoms with Gasteiger partial charge < -0.3 is 14.7 Å². The first-order chi connectivity index (χ1) is 9.22. The normalized spacial score (nSPS) is 27.2. The van der Waals surface area contributed by atoms with Gasteiger partial charge in [-0.3, -0.25) is 4.90 Å². The summed E-state index contributed by atoms with van der Waals surface area (Å²) in [5.74, 6) is 2.31. The number of rotatable bonds is 3. The average molecular weight is 265 g/mol. The van der Waals surface area contributed by atoms with E-state index in [2.05, 4.69) is 39.4 Å². The highest BCUT2D eigenvalue weighted by Gasteiger charge is 2.27. The lowest BCUT2D eigenvalue weighted by Crippen LogP contribution is -2.43. The topological polar surface area (TPSA) is 57.4 Å². The number of hydrogen-bond donors (Lipinski definition) is 1. The Morgan fingerprint density at radius 2 is 2.16 bits per heavy atom. The maximum absolute atomic E-state index is 5.41. The summed E-state index contributed by atoms with van der Waals surface area (Å²) in [6.07, 6.45) is 2.11. The van der Waals surface area contributed by atoms with Gasteiger partial charge in [-0.05, 0) is 52.6 Å². The number of nitrogens with zero attached hydrogens (tertiary/aromatic N) is 4. The van der Waals surface area contributed by atoms with Gasteiger partial charge in [-0.1, -0.05) is 5.16 Å². The van der Waals surface area contributed by atoms with Gasteiger partial charge in [-0.25, -0.2) is 0 Å². The Morgan fingerprint density at radius 1 is 1.32 bits per heavy atom. The molecule has 0 saturated carbocycles. The standard InChI is InChI=1S/C13H23N5O/c1-17-4-3-5-18(2)11(9-17)13-15-12(19-16-13)6-10-7-14-8-10/h10-11,14H,3-9H2,1-2H3. The molecule has 2 saturated heterocycles. The van der Waals surface area contributed by atoms with Crippen molar-refractivity contribution in [3.8, 4) is 0 Å². The third-order valence-electron chi connectivity index (χ3n) is 4.18. The molecule has 1 aromatic heterocycles. The molecule has 1 aromatic rings. The SMILES string of the molecule is CN1CCCN(C)C(c2noc(CC3CNC3)n2)C1. The molecule has 0 spiro atoms. The van der Waals surface area contributed by atoms with Crippen LogP contribution in [0.1, 0.15) is 24.2 Å². The Morgan fingerprint density at radius 3 is 2.89 bits per heavy atom. The quantitative estimate of drug-likeness (QED) is 0.839. The molecule has 2 aliphatic heterocycles. The van der Waals surface area contributed by atoms with E-state index in [0.717, 1.165) is 50.9 Å². The van der Waals surface area contributed by atoms with Gasteiger partial charge in [0.1, 0.15) is 0 Å². The van der Waals surface area contributed by atoms with Crippen LogP contribution in [-0.4, -0.2) is 66.8 Å². The summed E-state index contributed by atoms with van der Waals surface area (Å²) >= 11 is 0. The molecule has 6 heteroatoms. The highest BCUT2D eigenvalue weighted by Crippen LogP contribution is 2.21. The van der Waals surface area contributed by atoms with E-state index >= 15 is 0 Å². The Kier molecular flexibility index (Phi) is 3.81. The van der Waals surface area contributed by atoms with Crippen LogP contribution in [0.4, 0.5) is 0 Å². The van der Waals surface area contributed by atoms with Gasteiger partial charge >= 0.3 is 0 Å². The van der Waals surface area contributed by atoms with E-state index in [1.54, 1.807) is 0 Å². The minimum atomic E-state index is 0.254. The van der Waals surface area contributed by atoms with E-state index in [1.807, 2.05) is 0 Å². The van der Waals surface area contributed by atoms with Crippen molar-refractivity contribution in [2.75, 3.05) is 46.8 Å². The second-order valence-corrected chi connectivity index (χ2v) is 5.89. The summed E-state index contributed by atoms with van der Waals surface area (Å²) in [5, 5.41) is 7.47. The first-order valence-electron chi connectivity index (χ1n) is 7.14. The highest BCUT2D eigenvalue weighted by molar-refractivity contribution is 4.98. The summed E-state index contributed by atoms with van der Waals surface area (Å²) in [6.45, 7) is 5.35. The molecule has 0 bridgehead atoms. The number of aromatic nitrogens is 2. The Hall–Kier alpha value is -0.980. The lowest BCUT2D eigenvalue weighted by Gasteiger charge is -2.25. The number of nitrogens with one attached hydrogen (secondary N) is 1. The van der Waals surface area contributed by atoms with E-state index in [9.17, 15) is 0 Å². The van der Waals surface area contributed by atoms with Crippen LogP contribution in [0.15, 0.2) is 4.52 Å². The molecule has 19 heavy (non-hydrogen) atoms. The van der Waals surface area contributed by atoms with Crippen molar-refractivity contribution in [2.24, 2.45) is 5.92 Å². The van der Waals surface area contributed by atoms with Gasteiger partial charge in [-0.15, -0.1) is 0 Å². The second kappa shape index (κ2) is 5.56. The molecule has 0 aliphatic carbocycles. The smallest absolute Gasteiger partial charge is 0.227 e. The third-order valence-corrected chi connectivity index (χ3v) is 4.18. The van der Waals surface area contributed by atoms with E-state index in [1.165, 1.54) is 6.42 Å². The first kappa shape index (κ1) is 13.0. The van der Waals surface area contributed by atoms with Crippen LogP contribution >= 0.6 is 0 Å². The molecule has 6 nitrogen and oxygen atoms in total. The molecule has 1 N–H and O–H groups in total. The molecule has 106 valence electrons. The zero-order chi connectivity index (χ0) is 13.2. The maximum Gasteiger partial charge on any atom is 0.227 e. The molecule has 0 amide bonds. The predicted molar refractivity (Wildman–Crippen MR) is 71.8 cm³/mol. The van der Waals surface area contributed by atoms with Gasteiger partial charge in [-0.2, -0.15) is 4.98 Å². The average Bonchev–Trinajstić information content (AvgIpc) is 2.72. The fraction of sp³-hybridized carbons (Fsp3) is 0.846. The summed E-state index contributed by atoms with van der Waals surface area (Å²) in [4.78, 5) is 9.29. The number of hydrogen-bond acceptors (Lipinski definition) is 6. The van der Waals surface area contributed by atoms with Crippen LogP contribution in [0, 0.1) is 5.92 Å². The zero-order valence-electron chi connectivity index (χ0n) is 11.8. The highest BCUT2D eigenvalue weighted by atomic mass is 16.5. The van der Waals surface area contributed by atoms with Crippen LogP contribution in [-0.2, 0) is 6.42 Å². The third kappa shape index (κ3) is 2.96. The molecule has 3 heterocycles. The van der Waals surface area contributed by atoms with E-state index in [0.29, 0.717) is 5.92 Å². The molecular weight excluding hydrogens is 242 g/mol. The van der Waals surface area contributed by atoms with Crippen molar-refractivity contribution >= 4 is 0 Å². The molecule has 1 atom stereocenters. The minimum Gasteiger partial charge on any atom is -0.339 e. The van der Waals surface area contributed by atoms with Crippen LogP contribution in [0.5, 0.6) is 0 Å². The molecule has 2 aliphatic rings. The monoisotopic (exact) mass is 265 g/mol. The molecule has 2 fully saturated rings. The maximum atomic E-state index is 5.41. The van der Waals surface area contributed by atoms with Crippen molar-refractivity contribution in [3.63, 3.8) is 0 Å². The molecule has 0 aromatic carbocycles. The van der Waals surface area contributed by atoms with Crippen molar-refractivity contribution in [3.05, 3.63) is 11.7 Å². The molecule has 3 rings (SSSR count). The Balaban J connectivity index is 1.68. The van der Waals surface area contributed by atoms with Crippen molar-refractivity contribution in [1.29, 1.82) is 0 Å². The van der Waals surface area contributed by atoms with Crippen molar-refractivity contribution in [2.45, 2.75) is 18.9 Å². The van der Waals surface area contributed by atoms with Crippen molar-refractivity contribution in [1.82, 2.24) is 25.3 Å². The van der Waals surface area contributed by atoms with E-state index < -0.39 is 0 Å². The van der Waals surface area contributed by atoms with Crippen LogP contribution in [0.3, 0.4) is 0 Å². The van der Waals surface area contributed by atoms with Crippen LogP contribution in [0.25, 0.3) is 0 Å². The number of likely N-dealkylation sites (N-methyl/N-ethyl adjacent to an activating group) is 2. The lowest BCUT2D eigenvalue weighted by molar-refractivity contribution is 0.214. The largest absolute Gasteiger partial charge is 0.339 e. The Labute approximate surface area is 114 Å². The van der Waals surface area contributed by atoms with Gasteiger partial charge in [0.2, 0.25) is 5.89 Å². The van der Waals surface area contributed by atoms with Gasteiger partial charge in [0.25, 0.3) is 0 Å². The van der Waals surface area contributed by atoms with Gasteiger partial charge in [0.05, 0.1) is 6.04 Å². The Bertz CT molecular complexity index is 417. The first-order valence-corrected chi connectivity index (χ1v) is 7.14. The molecule has 0 radical (unpaired) electrons. The minimum absolute atomic E-state index is 0.254. The second-order valence-electron chi connectivity index (χ2n) is 5.89. The van der Waals surface area contributed by atoms with Crippen LogP contribution in [0.2, 0.25) is 0 Å². The van der Waals surface area contributed by atoms with Gasteiger partial charge in [0.15, 0.2) is 5.82 Å². The zero-order valence-corrected chi connectivity index (χ0v) is 11.8. The molecule has 1 unspecified atom stereocenters. The van der Waals surface area contributed by atoms with E-state index in [-0.39, 0.29) is 6.04 Å². The van der Waals surface area contributed by atoms with Gasteiger partial charge in [0, 0.05) is 13.0 Å². The predicted octanol–water partition coefficient (Wildman–Crippen LogP) is 0.140. The fourth-order valence-electron chi connectivity index (χ4n) is 2.78. The summed E-state index contributed by atoms with van der Waals surface area (Å²) in [5.41, 5.74) is 0. The fourth-order valence-corrected chi connectivity index (χ4v) is 2.78. The summed E-state index contributed by atoms with van der Waals surface area (Å²) in [6, 6.07) is 0.254.